The molecule has 0 bridgehead atoms. The SMILES string of the molecule is CC(Nc1ccccc1OCCC(N)=O)C1CCOC1. The average molecular weight is 278 g/mol. The zero-order valence-corrected chi connectivity index (χ0v) is 11.8. The van der Waals surface area contributed by atoms with E-state index in [0.29, 0.717) is 18.6 Å². The summed E-state index contributed by atoms with van der Waals surface area (Å²) in [5.74, 6) is 0.917. The minimum atomic E-state index is -0.355. The molecule has 0 saturated carbocycles. The average Bonchev–Trinajstić information content (AvgIpc) is 2.94. The normalized spacial score (nSPS) is 19.6. The number of nitrogens with two attached hydrogens (primary N) is 1. The van der Waals surface area contributed by atoms with Crippen LogP contribution in [0.15, 0.2) is 24.3 Å². The third-order valence-electron chi connectivity index (χ3n) is 3.55. The van der Waals surface area contributed by atoms with Gasteiger partial charge in [-0.1, -0.05) is 12.1 Å². The molecule has 1 aromatic rings. The molecule has 0 aromatic heterocycles. The van der Waals surface area contributed by atoms with Crippen molar-refractivity contribution in [1.82, 2.24) is 0 Å². The van der Waals surface area contributed by atoms with Crippen LogP contribution in [0.25, 0.3) is 0 Å². The first-order valence-electron chi connectivity index (χ1n) is 7.01. The summed E-state index contributed by atoms with van der Waals surface area (Å²) in [7, 11) is 0. The lowest BCUT2D eigenvalue weighted by Gasteiger charge is -2.22. The number of anilines is 1. The number of ether oxygens (including phenoxy) is 2. The lowest BCUT2D eigenvalue weighted by atomic mass is 10.0. The fourth-order valence-corrected chi connectivity index (χ4v) is 2.28. The van der Waals surface area contributed by atoms with Crippen LogP contribution in [0, 0.1) is 5.92 Å². The van der Waals surface area contributed by atoms with E-state index in [-0.39, 0.29) is 12.3 Å². The smallest absolute Gasteiger partial charge is 0.220 e. The molecule has 5 heteroatoms. The van der Waals surface area contributed by atoms with Crippen molar-refractivity contribution in [3.8, 4) is 5.75 Å². The van der Waals surface area contributed by atoms with Gasteiger partial charge < -0.3 is 20.5 Å². The summed E-state index contributed by atoms with van der Waals surface area (Å²) < 4.78 is 11.0. The van der Waals surface area contributed by atoms with E-state index in [9.17, 15) is 4.79 Å². The van der Waals surface area contributed by atoms with Gasteiger partial charge >= 0.3 is 0 Å². The largest absolute Gasteiger partial charge is 0.491 e. The molecule has 1 saturated heterocycles. The molecular weight excluding hydrogens is 256 g/mol. The number of hydrogen-bond donors (Lipinski definition) is 2. The van der Waals surface area contributed by atoms with Gasteiger partial charge in [-0.05, 0) is 25.5 Å². The van der Waals surface area contributed by atoms with Gasteiger partial charge in [0.1, 0.15) is 5.75 Å². The summed E-state index contributed by atoms with van der Waals surface area (Å²) >= 11 is 0. The lowest BCUT2D eigenvalue weighted by molar-refractivity contribution is -0.118. The van der Waals surface area contributed by atoms with E-state index in [1.54, 1.807) is 0 Å². The molecule has 0 aliphatic carbocycles. The highest BCUT2D eigenvalue weighted by atomic mass is 16.5. The van der Waals surface area contributed by atoms with E-state index in [2.05, 4.69) is 12.2 Å². The third-order valence-corrected chi connectivity index (χ3v) is 3.55. The van der Waals surface area contributed by atoms with Gasteiger partial charge in [0.05, 0.1) is 25.3 Å². The molecule has 5 nitrogen and oxygen atoms in total. The number of benzene rings is 1. The van der Waals surface area contributed by atoms with Crippen LogP contribution in [-0.2, 0) is 9.53 Å². The van der Waals surface area contributed by atoms with Crippen molar-refractivity contribution in [1.29, 1.82) is 0 Å². The van der Waals surface area contributed by atoms with Gasteiger partial charge in [-0.25, -0.2) is 0 Å². The fourth-order valence-electron chi connectivity index (χ4n) is 2.28. The van der Waals surface area contributed by atoms with E-state index in [0.717, 1.165) is 31.1 Å². The second-order valence-electron chi connectivity index (χ2n) is 5.12. The Hall–Kier alpha value is -1.75. The summed E-state index contributed by atoms with van der Waals surface area (Å²) in [6.45, 7) is 4.10. The summed E-state index contributed by atoms with van der Waals surface area (Å²) in [6, 6.07) is 8.06. The first-order valence-corrected chi connectivity index (χ1v) is 7.01. The number of amides is 1. The van der Waals surface area contributed by atoms with Crippen LogP contribution in [0.4, 0.5) is 5.69 Å². The highest BCUT2D eigenvalue weighted by molar-refractivity contribution is 5.73. The summed E-state index contributed by atoms with van der Waals surface area (Å²) in [6.07, 6.45) is 1.30. The molecule has 3 N–H and O–H groups in total. The molecule has 1 fully saturated rings. The molecular formula is C15H22N2O3. The zero-order chi connectivity index (χ0) is 14.4. The molecule has 1 aliphatic heterocycles. The predicted octanol–water partition coefficient (Wildman–Crippen LogP) is 1.78. The van der Waals surface area contributed by atoms with Crippen molar-refractivity contribution in [2.75, 3.05) is 25.1 Å². The maximum absolute atomic E-state index is 10.7. The van der Waals surface area contributed by atoms with Crippen LogP contribution >= 0.6 is 0 Å². The standard InChI is InChI=1S/C15H22N2O3/c1-11(12-6-8-19-10-12)17-13-4-2-3-5-14(13)20-9-7-15(16)18/h2-5,11-12,17H,6-10H2,1H3,(H2,16,18). The number of para-hydroxylation sites is 2. The summed E-state index contributed by atoms with van der Waals surface area (Å²) in [5.41, 5.74) is 6.05. The molecule has 1 aliphatic rings. The molecule has 2 rings (SSSR count). The Morgan fingerprint density at radius 1 is 1.55 bits per heavy atom. The minimum absolute atomic E-state index is 0.223. The maximum atomic E-state index is 10.7. The zero-order valence-electron chi connectivity index (χ0n) is 11.8. The Morgan fingerprint density at radius 2 is 2.35 bits per heavy atom. The number of carbonyl (C=O) groups excluding carboxylic acids is 1. The van der Waals surface area contributed by atoms with Crippen molar-refractivity contribution in [2.45, 2.75) is 25.8 Å². The molecule has 0 spiro atoms. The van der Waals surface area contributed by atoms with Crippen LogP contribution in [0.1, 0.15) is 19.8 Å². The van der Waals surface area contributed by atoms with Gasteiger partial charge in [0.2, 0.25) is 5.91 Å². The van der Waals surface area contributed by atoms with Gasteiger partial charge in [-0.2, -0.15) is 0 Å². The Bertz CT molecular complexity index is 444. The Labute approximate surface area is 119 Å². The van der Waals surface area contributed by atoms with Gasteiger partial charge in [0.25, 0.3) is 0 Å². The number of rotatable bonds is 7. The molecule has 2 unspecified atom stereocenters. The molecule has 1 amide bonds. The van der Waals surface area contributed by atoms with Crippen LogP contribution in [0.5, 0.6) is 5.75 Å². The lowest BCUT2D eigenvalue weighted by Crippen LogP contribution is -2.26. The van der Waals surface area contributed by atoms with Gasteiger partial charge in [0, 0.05) is 18.6 Å². The fraction of sp³-hybridized carbons (Fsp3) is 0.533. The van der Waals surface area contributed by atoms with Crippen LogP contribution < -0.4 is 15.8 Å². The van der Waals surface area contributed by atoms with Crippen molar-refractivity contribution in [2.24, 2.45) is 11.7 Å². The van der Waals surface area contributed by atoms with E-state index in [1.165, 1.54) is 0 Å². The third kappa shape index (κ3) is 4.13. The summed E-state index contributed by atoms with van der Waals surface area (Å²) in [5, 5.41) is 3.47. The Kier molecular flexibility index (Phi) is 5.24. The maximum Gasteiger partial charge on any atom is 0.220 e. The van der Waals surface area contributed by atoms with Crippen LogP contribution in [0.2, 0.25) is 0 Å². The number of primary amides is 1. The Balaban J connectivity index is 1.94. The molecule has 0 radical (unpaired) electrons. The van der Waals surface area contributed by atoms with Crippen molar-refractivity contribution in [3.05, 3.63) is 24.3 Å². The molecule has 20 heavy (non-hydrogen) atoms. The predicted molar refractivity (Wildman–Crippen MR) is 77.8 cm³/mol. The number of carbonyl (C=O) groups is 1. The van der Waals surface area contributed by atoms with E-state index in [1.807, 2.05) is 24.3 Å². The first-order chi connectivity index (χ1) is 9.66. The van der Waals surface area contributed by atoms with Gasteiger partial charge in [-0.15, -0.1) is 0 Å². The topological polar surface area (TPSA) is 73.6 Å². The van der Waals surface area contributed by atoms with Crippen molar-refractivity contribution in [3.63, 3.8) is 0 Å². The molecule has 110 valence electrons. The van der Waals surface area contributed by atoms with Crippen molar-refractivity contribution < 1.29 is 14.3 Å². The monoisotopic (exact) mass is 278 g/mol. The minimum Gasteiger partial charge on any atom is -0.491 e. The summed E-state index contributed by atoms with van der Waals surface area (Å²) in [4.78, 5) is 10.7. The second kappa shape index (κ2) is 7.14. The van der Waals surface area contributed by atoms with E-state index < -0.39 is 0 Å². The Morgan fingerprint density at radius 3 is 3.05 bits per heavy atom. The first kappa shape index (κ1) is 14.7. The molecule has 1 aromatic carbocycles. The quantitative estimate of drug-likeness (QED) is 0.797. The van der Waals surface area contributed by atoms with E-state index >= 15 is 0 Å². The highest BCUT2D eigenvalue weighted by Gasteiger charge is 2.22. The molecule has 2 atom stereocenters. The van der Waals surface area contributed by atoms with Gasteiger partial charge in [-0.3, -0.25) is 4.79 Å². The van der Waals surface area contributed by atoms with Crippen molar-refractivity contribution >= 4 is 11.6 Å². The van der Waals surface area contributed by atoms with Crippen LogP contribution in [0.3, 0.4) is 0 Å². The van der Waals surface area contributed by atoms with Crippen LogP contribution in [-0.4, -0.2) is 31.8 Å². The number of hydrogen-bond acceptors (Lipinski definition) is 4. The second-order valence-corrected chi connectivity index (χ2v) is 5.12. The highest BCUT2D eigenvalue weighted by Crippen LogP contribution is 2.27. The molecule has 1 heterocycles. The number of nitrogens with one attached hydrogen (secondary N) is 1. The van der Waals surface area contributed by atoms with Gasteiger partial charge in [0.15, 0.2) is 0 Å². The van der Waals surface area contributed by atoms with E-state index in [4.69, 9.17) is 15.2 Å².